The van der Waals surface area contributed by atoms with Crippen LogP contribution in [-0.4, -0.2) is 12.8 Å². The molecular weight excluding hydrogens is 328 g/mol. The van der Waals surface area contributed by atoms with Crippen molar-refractivity contribution in [1.82, 2.24) is 0 Å². The minimum atomic E-state index is -5.85. The van der Waals surface area contributed by atoms with Crippen molar-refractivity contribution in [2.45, 2.75) is 78.1 Å². The minimum absolute atomic E-state index is 0.230. The van der Waals surface area contributed by atoms with Gasteiger partial charge in [0, 0.05) is 0 Å². The second-order valence-electron chi connectivity index (χ2n) is 7.22. The van der Waals surface area contributed by atoms with E-state index < -0.39 is 13.7 Å². The van der Waals surface area contributed by atoms with E-state index in [4.69, 9.17) is 0 Å². The van der Waals surface area contributed by atoms with Crippen LogP contribution in [0.5, 0.6) is 0 Å². The summed E-state index contributed by atoms with van der Waals surface area (Å²) >= 11 is 0. The standard InChI is InChI=1S/C20H34F3P/c1-4-6-8-11-18-14-15-19(13-10-16-24(3,21,22)23)20(17-18)12-9-7-5-2/h14-15,17H,4-13,16H2,1-3H3. The Morgan fingerprint density at radius 1 is 0.750 bits per heavy atom. The summed E-state index contributed by atoms with van der Waals surface area (Å²) in [7, 11) is -5.85. The molecule has 140 valence electrons. The van der Waals surface area contributed by atoms with Gasteiger partial charge in [0.1, 0.15) is 0 Å². The Labute approximate surface area is 146 Å². The zero-order chi connectivity index (χ0) is 18.1. The number of benzene rings is 1. The van der Waals surface area contributed by atoms with Crippen LogP contribution in [0.4, 0.5) is 12.6 Å². The van der Waals surface area contributed by atoms with Gasteiger partial charge in [0.2, 0.25) is 0 Å². The SMILES string of the molecule is CCCCCc1ccc(CCCP(C)(F)(F)F)c(CCCCC)c1. The van der Waals surface area contributed by atoms with Crippen molar-refractivity contribution in [2.24, 2.45) is 0 Å². The number of unbranched alkanes of at least 4 members (excludes halogenated alkanes) is 4. The quantitative estimate of drug-likeness (QED) is 0.262. The predicted molar refractivity (Wildman–Crippen MR) is 102 cm³/mol. The summed E-state index contributed by atoms with van der Waals surface area (Å²) in [5.41, 5.74) is 3.76. The monoisotopic (exact) mass is 362 g/mol. The molecule has 0 unspecified atom stereocenters. The van der Waals surface area contributed by atoms with E-state index in [-0.39, 0.29) is 6.42 Å². The first kappa shape index (κ1) is 21.5. The average Bonchev–Trinajstić information content (AvgIpc) is 2.48. The van der Waals surface area contributed by atoms with Gasteiger partial charge in [-0.1, -0.05) is 0 Å². The Kier molecular flexibility index (Phi) is 8.77. The predicted octanol–water partition coefficient (Wildman–Crippen LogP) is 7.92. The maximum atomic E-state index is 13.2. The molecule has 0 radical (unpaired) electrons. The van der Waals surface area contributed by atoms with Crippen molar-refractivity contribution in [3.8, 4) is 0 Å². The van der Waals surface area contributed by atoms with E-state index in [2.05, 4.69) is 32.0 Å². The van der Waals surface area contributed by atoms with Crippen LogP contribution >= 0.6 is 7.54 Å². The third-order valence-electron chi connectivity index (χ3n) is 4.47. The summed E-state index contributed by atoms with van der Waals surface area (Å²) in [5, 5.41) is 0. The van der Waals surface area contributed by atoms with Gasteiger partial charge in [-0.25, -0.2) is 0 Å². The van der Waals surface area contributed by atoms with Crippen LogP contribution in [0.15, 0.2) is 18.2 Å². The molecule has 0 nitrogen and oxygen atoms in total. The van der Waals surface area contributed by atoms with Crippen LogP contribution in [0.2, 0.25) is 0 Å². The molecule has 4 heteroatoms. The Hall–Kier alpha value is -0.560. The molecule has 0 amide bonds. The molecule has 0 spiro atoms. The number of aryl methyl sites for hydroxylation is 3. The topological polar surface area (TPSA) is 0 Å². The summed E-state index contributed by atoms with van der Waals surface area (Å²) in [6.07, 6.45) is 9.41. The third kappa shape index (κ3) is 9.67. The fourth-order valence-electron chi connectivity index (χ4n) is 3.06. The normalized spacial score (nSPS) is 13.7. The summed E-state index contributed by atoms with van der Waals surface area (Å²) in [4.78, 5) is 0. The van der Waals surface area contributed by atoms with Gasteiger partial charge in [-0.2, -0.15) is 0 Å². The van der Waals surface area contributed by atoms with E-state index >= 15 is 0 Å². The van der Waals surface area contributed by atoms with Crippen molar-refractivity contribution in [1.29, 1.82) is 0 Å². The molecular formula is C20H34F3P. The van der Waals surface area contributed by atoms with Crippen molar-refractivity contribution < 1.29 is 12.6 Å². The van der Waals surface area contributed by atoms with Crippen LogP contribution in [0.1, 0.15) is 75.5 Å². The van der Waals surface area contributed by atoms with Gasteiger partial charge in [0.05, 0.1) is 0 Å². The van der Waals surface area contributed by atoms with Gasteiger partial charge >= 0.3 is 146 Å². The van der Waals surface area contributed by atoms with Gasteiger partial charge in [-0.05, 0) is 0 Å². The van der Waals surface area contributed by atoms with E-state index in [0.717, 1.165) is 24.8 Å². The second-order valence-corrected chi connectivity index (χ2v) is 10.4. The molecule has 0 heterocycles. The molecule has 0 saturated carbocycles. The van der Waals surface area contributed by atoms with E-state index in [1.165, 1.54) is 43.2 Å². The zero-order valence-electron chi connectivity index (χ0n) is 15.6. The summed E-state index contributed by atoms with van der Waals surface area (Å²) in [6.45, 7) is 4.88. The number of hydrogen-bond donors (Lipinski definition) is 0. The molecule has 0 aliphatic carbocycles. The first-order valence-electron chi connectivity index (χ1n) is 9.48. The Bertz CT molecular complexity index is 482. The molecule has 0 aromatic heterocycles. The number of rotatable bonds is 12. The van der Waals surface area contributed by atoms with Crippen LogP contribution in [0, 0.1) is 0 Å². The van der Waals surface area contributed by atoms with E-state index in [1.54, 1.807) is 0 Å². The summed E-state index contributed by atoms with van der Waals surface area (Å²) < 4.78 is 39.5. The van der Waals surface area contributed by atoms with Crippen molar-refractivity contribution >= 4 is 7.54 Å². The first-order valence-corrected chi connectivity index (χ1v) is 12.0. The number of hydrogen-bond acceptors (Lipinski definition) is 0. The molecule has 1 aromatic rings. The molecule has 0 atom stereocenters. The van der Waals surface area contributed by atoms with Gasteiger partial charge in [0.25, 0.3) is 0 Å². The van der Waals surface area contributed by atoms with E-state index in [0.29, 0.717) is 13.1 Å². The Morgan fingerprint density at radius 2 is 1.33 bits per heavy atom. The first-order chi connectivity index (χ1) is 11.2. The van der Waals surface area contributed by atoms with Gasteiger partial charge < -0.3 is 0 Å². The van der Waals surface area contributed by atoms with Crippen molar-refractivity contribution in [3.63, 3.8) is 0 Å². The average molecular weight is 362 g/mol. The van der Waals surface area contributed by atoms with Crippen LogP contribution in [0.3, 0.4) is 0 Å². The molecule has 0 fully saturated rings. The van der Waals surface area contributed by atoms with Gasteiger partial charge in [0.15, 0.2) is 0 Å². The van der Waals surface area contributed by atoms with Crippen LogP contribution < -0.4 is 0 Å². The summed E-state index contributed by atoms with van der Waals surface area (Å²) in [6, 6.07) is 6.47. The molecule has 1 aromatic carbocycles. The third-order valence-corrected chi connectivity index (χ3v) is 5.74. The summed E-state index contributed by atoms with van der Waals surface area (Å²) in [5.74, 6) is 0. The second kappa shape index (κ2) is 9.80. The fourth-order valence-corrected chi connectivity index (χ4v) is 3.90. The van der Waals surface area contributed by atoms with Crippen molar-refractivity contribution in [3.05, 3.63) is 34.9 Å². The van der Waals surface area contributed by atoms with Gasteiger partial charge in [-0.3, -0.25) is 0 Å². The van der Waals surface area contributed by atoms with Crippen LogP contribution in [-0.2, 0) is 19.3 Å². The van der Waals surface area contributed by atoms with E-state index in [1.807, 2.05) is 0 Å². The molecule has 0 N–H and O–H groups in total. The van der Waals surface area contributed by atoms with Crippen LogP contribution in [0.25, 0.3) is 0 Å². The molecule has 0 aliphatic heterocycles. The maximum absolute atomic E-state index is 13.2. The molecule has 24 heavy (non-hydrogen) atoms. The molecule has 1 rings (SSSR count). The fraction of sp³-hybridized carbons (Fsp3) is 0.700. The number of halogens is 3. The van der Waals surface area contributed by atoms with E-state index in [9.17, 15) is 12.6 Å². The Morgan fingerprint density at radius 3 is 1.92 bits per heavy atom. The van der Waals surface area contributed by atoms with Gasteiger partial charge in [-0.15, -0.1) is 0 Å². The molecule has 0 saturated heterocycles. The zero-order valence-corrected chi connectivity index (χ0v) is 16.5. The Balaban J connectivity index is 2.72. The molecule has 0 bridgehead atoms. The molecule has 0 aliphatic rings. The van der Waals surface area contributed by atoms with Crippen molar-refractivity contribution in [2.75, 3.05) is 12.8 Å².